The Hall–Kier alpha value is -8.21. The van der Waals surface area contributed by atoms with E-state index in [9.17, 15) is 33.6 Å². The number of carboxylic acids is 1. The number of rotatable bonds is 16. The van der Waals surface area contributed by atoms with Gasteiger partial charge in [0, 0.05) is 81.8 Å². The summed E-state index contributed by atoms with van der Waals surface area (Å²) >= 11 is 3.28. The number of nitrogen functional groups attached to an aromatic ring is 1. The Bertz CT molecular complexity index is 3650. The average Bonchev–Trinajstić information content (AvgIpc) is 4.59. The molecule has 82 heavy (non-hydrogen) atoms. The van der Waals surface area contributed by atoms with Crippen LogP contribution in [0.15, 0.2) is 126 Å². The molecule has 16 heteroatoms. The fourth-order valence-electron chi connectivity index (χ4n) is 10.7. The zero-order valence-electron chi connectivity index (χ0n) is 46.2. The molecule has 420 valence electrons. The molecule has 4 N–H and O–H groups in total. The number of hydrogen-bond acceptors (Lipinski definition) is 11. The Morgan fingerprint density at radius 3 is 1.39 bits per heavy atom. The number of fused-ring (bicyclic) bond motifs is 3. The first-order chi connectivity index (χ1) is 39.4. The normalized spacial score (nSPS) is 15.9. The minimum absolute atomic E-state index is 0.0240. The second-order valence-corrected chi connectivity index (χ2v) is 25.2. The van der Waals surface area contributed by atoms with Crippen molar-refractivity contribution in [3.05, 3.63) is 171 Å². The highest BCUT2D eigenvalue weighted by Crippen LogP contribution is 2.40. The van der Waals surface area contributed by atoms with Crippen LogP contribution in [0.4, 0.5) is 33.2 Å². The van der Waals surface area contributed by atoms with E-state index < -0.39 is 17.7 Å². The minimum atomic E-state index is -0.944. The number of nitrogens with zero attached hydrogens (tertiary/aromatic N) is 3. The molecule has 4 amide bonds. The van der Waals surface area contributed by atoms with Crippen LogP contribution in [0.1, 0.15) is 118 Å². The second-order valence-electron chi connectivity index (χ2n) is 23.3. The molecule has 14 nitrogen and oxygen atoms in total. The first-order valence-corrected chi connectivity index (χ1v) is 29.8. The Morgan fingerprint density at radius 2 is 0.976 bits per heavy atom. The monoisotopic (exact) mass is 1140 g/mol. The van der Waals surface area contributed by atoms with E-state index in [4.69, 9.17) is 15.6 Å². The van der Waals surface area contributed by atoms with E-state index in [0.717, 1.165) is 79.8 Å². The van der Waals surface area contributed by atoms with Crippen LogP contribution < -0.4 is 25.8 Å². The lowest BCUT2D eigenvalue weighted by Crippen LogP contribution is -2.28. The molecule has 0 spiro atoms. The summed E-state index contributed by atoms with van der Waals surface area (Å²) in [6.07, 6.45) is 8.05. The zero-order chi connectivity index (χ0) is 57.4. The summed E-state index contributed by atoms with van der Waals surface area (Å²) in [5.74, 6) is 1.24. The number of carboxylic acid groups (broad SMARTS) is 1. The summed E-state index contributed by atoms with van der Waals surface area (Å²) in [5, 5.41) is 15.8. The summed E-state index contributed by atoms with van der Waals surface area (Å²) in [4.78, 5) is 94.3. The highest BCUT2D eigenvalue weighted by molar-refractivity contribution is 7.13. The van der Waals surface area contributed by atoms with Gasteiger partial charge in [0.25, 0.3) is 0 Å². The van der Waals surface area contributed by atoms with E-state index in [1.807, 2.05) is 112 Å². The predicted molar refractivity (Wildman–Crippen MR) is 322 cm³/mol. The lowest BCUT2D eigenvalue weighted by atomic mass is 9.97. The zero-order valence-corrected chi connectivity index (χ0v) is 47.8. The number of hydrogen-bond donors (Lipinski definition) is 3. The molecule has 0 atom stereocenters. The number of ketones is 2. The molecule has 3 saturated carbocycles. The average molecular weight is 1140 g/mol. The van der Waals surface area contributed by atoms with Crippen LogP contribution in [0, 0.1) is 17.8 Å². The van der Waals surface area contributed by atoms with Crippen molar-refractivity contribution in [1.82, 2.24) is 0 Å². The van der Waals surface area contributed by atoms with Crippen molar-refractivity contribution in [3.63, 3.8) is 0 Å². The molecule has 3 fully saturated rings. The van der Waals surface area contributed by atoms with Gasteiger partial charge in [-0.05, 0) is 218 Å². The third-order valence-electron chi connectivity index (χ3n) is 15.5. The molecule has 2 aromatic heterocycles. The number of aromatic carboxylic acids is 1. The standard InChI is InChI=1S/C29H30N2O4S.C24H22N2O2S.C13H13NO3/c1-29(2,3)35-28(34)30-23-10-8-20(26-5-4-12-36-26)14-21(23)15-25(32)19-9-11-24-22(13-19)16-27(33)31(24)17-18-6-7-18;25-20-7-5-17(23-2-1-9-29-23)11-18(20)12-22(27)16-6-8-21-19(10-16)13-24(28)26(21)14-15-3-4-15;15-12-6-10-5-9(13(16)17)3-4-11(10)14(12)7-8-1-2-8/h4-5,8-14,18H,6-7,15-17H2,1-3H3,(H,30,34);1-2,5-11,15H,3-4,12-14,25H2;3-5,8H,1-2,6-7H2,(H,16,17). The molecule has 6 aliphatic rings. The van der Waals surface area contributed by atoms with Crippen LogP contribution in [0.5, 0.6) is 0 Å². The van der Waals surface area contributed by atoms with Gasteiger partial charge >= 0.3 is 12.1 Å². The summed E-state index contributed by atoms with van der Waals surface area (Å²) in [5.41, 5.74) is 17.3. The van der Waals surface area contributed by atoms with Gasteiger partial charge < -0.3 is 30.3 Å². The third-order valence-corrected chi connectivity index (χ3v) is 17.4. The van der Waals surface area contributed by atoms with E-state index >= 15 is 0 Å². The number of nitrogens with one attached hydrogen (secondary N) is 1. The number of Topliss-reactive ketones (excluding diaryl/α,β-unsaturated/α-hetero) is 2. The van der Waals surface area contributed by atoms with Gasteiger partial charge in [-0.2, -0.15) is 0 Å². The number of anilines is 5. The van der Waals surface area contributed by atoms with E-state index in [2.05, 4.69) is 11.4 Å². The number of amides is 4. The maximum atomic E-state index is 13.4. The van der Waals surface area contributed by atoms with Crippen molar-refractivity contribution in [1.29, 1.82) is 0 Å². The van der Waals surface area contributed by atoms with Gasteiger partial charge in [0.05, 0.1) is 24.8 Å². The van der Waals surface area contributed by atoms with Crippen LogP contribution in [-0.2, 0) is 51.2 Å². The molecule has 5 heterocycles. The third kappa shape index (κ3) is 13.2. The number of benzene rings is 5. The molecule has 5 aromatic carbocycles. The van der Waals surface area contributed by atoms with Gasteiger partial charge in [-0.1, -0.05) is 24.3 Å². The maximum absolute atomic E-state index is 13.4. The van der Waals surface area contributed by atoms with Crippen molar-refractivity contribution in [2.75, 3.05) is 45.4 Å². The largest absolute Gasteiger partial charge is 0.478 e. The van der Waals surface area contributed by atoms with Crippen LogP contribution in [0.2, 0.25) is 0 Å². The number of nitrogens with two attached hydrogens (primary N) is 1. The molecule has 0 saturated heterocycles. The van der Waals surface area contributed by atoms with E-state index in [1.54, 1.807) is 66.5 Å². The van der Waals surface area contributed by atoms with Crippen LogP contribution in [0.3, 0.4) is 0 Å². The summed E-state index contributed by atoms with van der Waals surface area (Å²) < 4.78 is 5.42. The predicted octanol–water partition coefficient (Wildman–Crippen LogP) is 12.9. The fraction of sp³-hybridized carbons (Fsp3) is 0.318. The highest BCUT2D eigenvalue weighted by atomic mass is 32.1. The molecule has 0 unspecified atom stereocenters. The van der Waals surface area contributed by atoms with Crippen molar-refractivity contribution in [3.8, 4) is 20.9 Å². The quantitative estimate of drug-likeness (QED) is 0.0618. The summed E-state index contributed by atoms with van der Waals surface area (Å²) in [6.45, 7) is 7.79. The highest BCUT2D eigenvalue weighted by Gasteiger charge is 2.36. The topological polar surface area (TPSA) is 197 Å². The van der Waals surface area contributed by atoms with Crippen molar-refractivity contribution in [2.24, 2.45) is 17.8 Å². The van der Waals surface area contributed by atoms with Gasteiger partial charge in [-0.25, -0.2) is 9.59 Å². The summed E-state index contributed by atoms with van der Waals surface area (Å²) in [6, 6.07) is 35.8. The number of ether oxygens (including phenoxy) is 1. The van der Waals surface area contributed by atoms with Gasteiger partial charge in [0.2, 0.25) is 17.7 Å². The molecule has 3 aliphatic heterocycles. The molecule has 13 rings (SSSR count). The molecule has 7 aromatic rings. The Balaban J connectivity index is 0.000000137. The second kappa shape index (κ2) is 23.3. The van der Waals surface area contributed by atoms with Crippen LogP contribution in [-0.4, -0.2) is 71.7 Å². The number of thiophene rings is 2. The van der Waals surface area contributed by atoms with Crippen molar-refractivity contribution in [2.45, 2.75) is 97.0 Å². The molecule has 0 bridgehead atoms. The van der Waals surface area contributed by atoms with Gasteiger partial charge in [0.1, 0.15) is 5.60 Å². The first-order valence-electron chi connectivity index (χ1n) is 28.1. The Morgan fingerprint density at radius 1 is 0.561 bits per heavy atom. The Kier molecular flexibility index (Phi) is 15.8. The minimum Gasteiger partial charge on any atom is -0.478 e. The molecule has 3 aliphatic carbocycles. The number of carbonyl (C=O) groups excluding carboxylic acids is 6. The smallest absolute Gasteiger partial charge is 0.412 e. The Labute approximate surface area is 484 Å². The van der Waals surface area contributed by atoms with Crippen molar-refractivity contribution >= 4 is 92.5 Å². The lowest BCUT2D eigenvalue weighted by molar-refractivity contribution is -0.118. The van der Waals surface area contributed by atoms with Gasteiger partial charge in [0.15, 0.2) is 11.6 Å². The van der Waals surface area contributed by atoms with Gasteiger partial charge in [-0.15, -0.1) is 22.7 Å². The lowest BCUT2D eigenvalue weighted by Gasteiger charge is -2.20. The molecular weight excluding hydrogens is 1070 g/mol. The molecule has 0 radical (unpaired) electrons. The van der Waals surface area contributed by atoms with Crippen LogP contribution in [0.25, 0.3) is 20.9 Å². The molecular formula is C66H65N5O9S2. The van der Waals surface area contributed by atoms with E-state index in [1.165, 1.54) is 38.5 Å². The van der Waals surface area contributed by atoms with Crippen LogP contribution >= 0.6 is 22.7 Å². The number of carbonyl (C=O) groups is 7. The van der Waals surface area contributed by atoms with E-state index in [-0.39, 0.29) is 47.7 Å². The summed E-state index contributed by atoms with van der Waals surface area (Å²) in [7, 11) is 0. The van der Waals surface area contributed by atoms with Crippen molar-refractivity contribution < 1.29 is 43.4 Å². The SMILES string of the molecule is CC(C)(C)OC(=O)Nc1ccc(-c2cccs2)cc1CC(=O)c1ccc2c(c1)CC(=O)N2CC1CC1.Nc1ccc(-c2cccs2)cc1CC(=O)c1ccc2c(c1)CC(=O)N2CC1CC1.O=C(O)c1ccc2c(c1)CC(=O)N2CC1CC1. The first kappa shape index (κ1) is 55.7. The fourth-order valence-corrected chi connectivity index (χ4v) is 12.1. The van der Waals surface area contributed by atoms with E-state index in [0.29, 0.717) is 65.1 Å². The van der Waals surface area contributed by atoms with Gasteiger partial charge in [-0.3, -0.25) is 29.3 Å². The maximum Gasteiger partial charge on any atom is 0.412 e.